The summed E-state index contributed by atoms with van der Waals surface area (Å²) in [5.41, 5.74) is 1.32. The Labute approximate surface area is 154 Å². The predicted molar refractivity (Wildman–Crippen MR) is 96.9 cm³/mol. The molecule has 0 saturated heterocycles. The summed E-state index contributed by atoms with van der Waals surface area (Å²) in [6.07, 6.45) is 1.47. The van der Waals surface area contributed by atoms with Crippen molar-refractivity contribution >= 4 is 39.8 Å². The van der Waals surface area contributed by atoms with E-state index in [2.05, 4.69) is 5.32 Å². The molecule has 0 atom stereocenters. The molecule has 0 saturated carbocycles. The number of nitrogens with one attached hydrogen (secondary N) is 1. The zero-order valence-electron chi connectivity index (χ0n) is 14.2. The highest BCUT2D eigenvalue weighted by Gasteiger charge is 2.33. The summed E-state index contributed by atoms with van der Waals surface area (Å²) in [6, 6.07) is 8.58. The van der Waals surface area contributed by atoms with Crippen molar-refractivity contribution in [1.82, 2.24) is 0 Å². The second-order valence-electron chi connectivity index (χ2n) is 5.76. The van der Waals surface area contributed by atoms with Crippen LogP contribution in [0.1, 0.15) is 55.7 Å². The molecule has 7 heteroatoms. The quantitative estimate of drug-likeness (QED) is 0.495. The molecular weight excluding hydrogens is 354 g/mol. The maximum atomic E-state index is 12.4. The second-order valence-corrected chi connectivity index (χ2v) is 6.78. The Bertz CT molecular complexity index is 885. The van der Waals surface area contributed by atoms with Crippen molar-refractivity contribution in [3.63, 3.8) is 0 Å². The van der Waals surface area contributed by atoms with E-state index in [1.54, 1.807) is 37.3 Å². The summed E-state index contributed by atoms with van der Waals surface area (Å²) in [7, 11) is 0. The molecular formula is C19H17NO5S. The van der Waals surface area contributed by atoms with Crippen LogP contribution in [-0.4, -0.2) is 30.0 Å². The van der Waals surface area contributed by atoms with E-state index in [4.69, 9.17) is 4.74 Å². The average molecular weight is 371 g/mol. The zero-order chi connectivity index (χ0) is 18.7. The normalized spacial score (nSPS) is 13.0. The van der Waals surface area contributed by atoms with Gasteiger partial charge in [-0.25, -0.2) is 4.79 Å². The number of amides is 1. The van der Waals surface area contributed by atoms with Crippen LogP contribution in [0.4, 0.5) is 5.00 Å². The molecule has 1 aromatic heterocycles. The number of hydrogen-bond acceptors (Lipinski definition) is 6. The zero-order valence-corrected chi connectivity index (χ0v) is 15.0. The molecule has 0 radical (unpaired) electrons. The average Bonchev–Trinajstić information content (AvgIpc) is 3.01. The molecule has 1 heterocycles. The summed E-state index contributed by atoms with van der Waals surface area (Å²) >= 11 is 0.961. The molecule has 0 bridgehead atoms. The van der Waals surface area contributed by atoms with Crippen LogP contribution < -0.4 is 5.32 Å². The standard InChI is InChI=1S/C19H17NO5S/c1-2-25-19(24)15(22)16-12-9-6-10-13(21)14(12)18(26-16)20-17(23)11-7-4-3-5-8-11/h3-5,7-8H,2,6,9-10H2,1H3,(H,20,23). The summed E-state index contributed by atoms with van der Waals surface area (Å²) in [6.45, 7) is 1.71. The molecule has 26 heavy (non-hydrogen) atoms. The van der Waals surface area contributed by atoms with E-state index in [0.29, 0.717) is 41.0 Å². The number of anilines is 1. The van der Waals surface area contributed by atoms with Gasteiger partial charge in [0.2, 0.25) is 0 Å². The molecule has 2 aromatic rings. The molecule has 3 rings (SSSR count). The van der Waals surface area contributed by atoms with Gasteiger partial charge >= 0.3 is 5.97 Å². The van der Waals surface area contributed by atoms with Crippen molar-refractivity contribution < 1.29 is 23.9 Å². The number of fused-ring (bicyclic) bond motifs is 1. The second kappa shape index (κ2) is 7.61. The van der Waals surface area contributed by atoms with E-state index in [1.165, 1.54) is 0 Å². The first-order chi connectivity index (χ1) is 12.5. The highest BCUT2D eigenvalue weighted by molar-refractivity contribution is 7.19. The maximum Gasteiger partial charge on any atom is 0.380 e. The smallest absolute Gasteiger partial charge is 0.380 e. The SMILES string of the molecule is CCOC(=O)C(=O)c1sc(NC(=O)c2ccccc2)c2c1CCCC2=O. The van der Waals surface area contributed by atoms with Gasteiger partial charge in [-0.1, -0.05) is 18.2 Å². The molecule has 1 N–H and O–H groups in total. The maximum absolute atomic E-state index is 12.4. The molecule has 1 aromatic carbocycles. The van der Waals surface area contributed by atoms with Crippen molar-refractivity contribution in [2.45, 2.75) is 26.2 Å². The van der Waals surface area contributed by atoms with Gasteiger partial charge in [0.15, 0.2) is 5.78 Å². The van der Waals surface area contributed by atoms with Crippen molar-refractivity contribution in [3.8, 4) is 0 Å². The van der Waals surface area contributed by atoms with Gasteiger partial charge in [-0.05, 0) is 37.5 Å². The number of carbonyl (C=O) groups is 4. The molecule has 0 spiro atoms. The number of Topliss-reactive ketones (excluding diaryl/α,β-unsaturated/α-hetero) is 2. The summed E-state index contributed by atoms with van der Waals surface area (Å²) in [5.74, 6) is -2.23. The van der Waals surface area contributed by atoms with Gasteiger partial charge in [0.1, 0.15) is 5.00 Å². The number of ketones is 2. The molecule has 6 nitrogen and oxygen atoms in total. The first-order valence-corrected chi connectivity index (χ1v) is 9.11. The Morgan fingerprint density at radius 2 is 1.88 bits per heavy atom. The molecule has 134 valence electrons. The van der Waals surface area contributed by atoms with Crippen LogP contribution in [0.5, 0.6) is 0 Å². The van der Waals surface area contributed by atoms with E-state index in [1.807, 2.05) is 0 Å². The van der Waals surface area contributed by atoms with Crippen LogP contribution in [0.25, 0.3) is 0 Å². The van der Waals surface area contributed by atoms with Crippen LogP contribution in [0.3, 0.4) is 0 Å². The summed E-state index contributed by atoms with van der Waals surface area (Å²) in [5, 5.41) is 3.03. The molecule has 0 aliphatic heterocycles. The number of esters is 1. The van der Waals surface area contributed by atoms with E-state index in [-0.39, 0.29) is 23.2 Å². The lowest BCUT2D eigenvalue weighted by molar-refractivity contribution is -0.137. The number of rotatable bonds is 5. The molecule has 1 amide bonds. The number of ether oxygens (including phenoxy) is 1. The lowest BCUT2D eigenvalue weighted by Gasteiger charge is -2.13. The Morgan fingerprint density at radius 1 is 1.15 bits per heavy atom. The number of benzene rings is 1. The van der Waals surface area contributed by atoms with Crippen LogP contribution in [0, 0.1) is 0 Å². The molecule has 0 fully saturated rings. The third-order valence-corrected chi connectivity index (χ3v) is 5.19. The summed E-state index contributed by atoms with van der Waals surface area (Å²) < 4.78 is 4.78. The Balaban J connectivity index is 1.98. The van der Waals surface area contributed by atoms with Gasteiger partial charge in [0.05, 0.1) is 17.0 Å². The van der Waals surface area contributed by atoms with E-state index < -0.39 is 11.8 Å². The van der Waals surface area contributed by atoms with Gasteiger partial charge in [0, 0.05) is 12.0 Å². The van der Waals surface area contributed by atoms with Crippen LogP contribution in [0.15, 0.2) is 30.3 Å². The predicted octanol–water partition coefficient (Wildman–Crippen LogP) is 3.27. The van der Waals surface area contributed by atoms with Gasteiger partial charge in [-0.3, -0.25) is 14.4 Å². The third kappa shape index (κ3) is 3.43. The van der Waals surface area contributed by atoms with E-state index in [9.17, 15) is 19.2 Å². The fraction of sp³-hybridized carbons (Fsp3) is 0.263. The number of carbonyl (C=O) groups excluding carboxylic acids is 4. The largest absolute Gasteiger partial charge is 0.460 e. The van der Waals surface area contributed by atoms with Crippen LogP contribution in [0.2, 0.25) is 0 Å². The van der Waals surface area contributed by atoms with E-state index in [0.717, 1.165) is 11.3 Å². The fourth-order valence-corrected chi connectivity index (χ4v) is 4.07. The molecule has 1 aliphatic rings. The molecule has 1 aliphatic carbocycles. The Morgan fingerprint density at radius 3 is 2.58 bits per heavy atom. The minimum atomic E-state index is -0.949. The lowest BCUT2D eigenvalue weighted by Crippen LogP contribution is -2.19. The first-order valence-electron chi connectivity index (χ1n) is 8.29. The Kier molecular flexibility index (Phi) is 5.27. The highest BCUT2D eigenvalue weighted by atomic mass is 32.1. The van der Waals surface area contributed by atoms with Gasteiger partial charge in [0.25, 0.3) is 11.7 Å². The minimum Gasteiger partial charge on any atom is -0.460 e. The molecule has 0 unspecified atom stereocenters. The topological polar surface area (TPSA) is 89.5 Å². The first kappa shape index (κ1) is 18.0. The number of thiophene rings is 1. The van der Waals surface area contributed by atoms with E-state index >= 15 is 0 Å². The number of hydrogen-bond donors (Lipinski definition) is 1. The van der Waals surface area contributed by atoms with Crippen LogP contribution >= 0.6 is 11.3 Å². The van der Waals surface area contributed by atoms with Gasteiger partial charge < -0.3 is 10.1 Å². The third-order valence-electron chi connectivity index (χ3n) is 4.05. The van der Waals surface area contributed by atoms with Crippen molar-refractivity contribution in [1.29, 1.82) is 0 Å². The van der Waals surface area contributed by atoms with Crippen molar-refractivity contribution in [2.24, 2.45) is 0 Å². The highest BCUT2D eigenvalue weighted by Crippen LogP contribution is 2.39. The van der Waals surface area contributed by atoms with Crippen molar-refractivity contribution in [2.75, 3.05) is 11.9 Å². The monoisotopic (exact) mass is 371 g/mol. The minimum absolute atomic E-state index is 0.0919. The Hall–Kier alpha value is -2.80. The summed E-state index contributed by atoms with van der Waals surface area (Å²) in [4.78, 5) is 49.2. The fourth-order valence-electron chi connectivity index (χ4n) is 2.88. The van der Waals surface area contributed by atoms with Crippen LogP contribution in [-0.2, 0) is 16.0 Å². The van der Waals surface area contributed by atoms with Gasteiger partial charge in [-0.2, -0.15) is 0 Å². The lowest BCUT2D eigenvalue weighted by atomic mass is 9.91. The van der Waals surface area contributed by atoms with Gasteiger partial charge in [-0.15, -0.1) is 11.3 Å². The van der Waals surface area contributed by atoms with Crippen molar-refractivity contribution in [3.05, 3.63) is 51.9 Å².